The molecule has 4 rings (SSSR count). The average molecular weight is 423 g/mol. The summed E-state index contributed by atoms with van der Waals surface area (Å²) in [5.41, 5.74) is 3.10. The number of para-hydroxylation sites is 1. The number of benzene rings is 2. The Morgan fingerprint density at radius 1 is 1.06 bits per heavy atom. The molecule has 0 aliphatic heterocycles. The van der Waals surface area contributed by atoms with E-state index in [9.17, 15) is 13.6 Å². The maximum Gasteiger partial charge on any atom is 0.173 e. The summed E-state index contributed by atoms with van der Waals surface area (Å²) >= 11 is 0. The molecule has 0 aliphatic rings. The third-order valence-corrected chi connectivity index (χ3v) is 4.95. The number of nitrogens with zero attached hydrogens (tertiary/aromatic N) is 2. The zero-order chi connectivity index (χ0) is 22.2. The van der Waals surface area contributed by atoms with Crippen molar-refractivity contribution >= 4 is 16.8 Å². The monoisotopic (exact) mass is 423 g/mol. The van der Waals surface area contributed by atoms with Crippen molar-refractivity contribution in [3.8, 4) is 11.5 Å². The summed E-state index contributed by atoms with van der Waals surface area (Å²) in [5.74, 6) is -1.92. The molecule has 0 unspecified atom stereocenters. The summed E-state index contributed by atoms with van der Waals surface area (Å²) in [6.07, 6.45) is 1.26. The molecule has 160 valence electrons. The van der Waals surface area contributed by atoms with Crippen LogP contribution in [0.3, 0.4) is 0 Å². The molecule has 0 radical (unpaired) electrons. The van der Waals surface area contributed by atoms with Gasteiger partial charge < -0.3 is 10.3 Å². The minimum Gasteiger partial charge on any atom is -0.337 e. The number of hydrogen-bond acceptors (Lipinski definition) is 4. The summed E-state index contributed by atoms with van der Waals surface area (Å²) in [4.78, 5) is 20.5. The minimum absolute atomic E-state index is 0.0415. The van der Waals surface area contributed by atoms with Gasteiger partial charge in [0.1, 0.15) is 17.3 Å². The van der Waals surface area contributed by atoms with E-state index in [1.807, 2.05) is 18.2 Å². The molecular formula is C23H23F2N5O. The molecule has 4 aromatic rings. The number of aromatic amines is 2. The van der Waals surface area contributed by atoms with Crippen LogP contribution >= 0.6 is 0 Å². The molecule has 6 nitrogen and oxygen atoms in total. The van der Waals surface area contributed by atoms with Gasteiger partial charge in [-0.3, -0.25) is 9.89 Å². The Kier molecular flexibility index (Phi) is 5.41. The number of carbonyl (C=O) groups excluding carboxylic acids is 1. The minimum atomic E-state index is -0.880. The van der Waals surface area contributed by atoms with Gasteiger partial charge in [0.05, 0.1) is 22.8 Å². The molecule has 0 bridgehead atoms. The molecule has 31 heavy (non-hydrogen) atoms. The van der Waals surface area contributed by atoms with Crippen molar-refractivity contribution in [2.24, 2.45) is 0 Å². The zero-order valence-electron chi connectivity index (χ0n) is 17.5. The first-order valence-electron chi connectivity index (χ1n) is 9.95. The van der Waals surface area contributed by atoms with Crippen molar-refractivity contribution in [2.75, 3.05) is 0 Å². The molecule has 0 saturated heterocycles. The Bertz CT molecular complexity index is 1230. The lowest BCUT2D eigenvalue weighted by Crippen LogP contribution is -2.35. The number of nitrogens with one attached hydrogen (secondary N) is 3. The molecule has 0 amide bonds. The van der Waals surface area contributed by atoms with Crippen molar-refractivity contribution in [1.82, 2.24) is 25.5 Å². The second-order valence-corrected chi connectivity index (χ2v) is 8.47. The molecule has 0 spiro atoms. The van der Waals surface area contributed by atoms with E-state index in [0.717, 1.165) is 28.7 Å². The normalized spacial score (nSPS) is 11.9. The fourth-order valence-corrected chi connectivity index (χ4v) is 3.39. The summed E-state index contributed by atoms with van der Waals surface area (Å²) in [6, 6.07) is 9.23. The molecule has 2 aromatic heterocycles. The van der Waals surface area contributed by atoms with Crippen molar-refractivity contribution in [1.29, 1.82) is 0 Å². The lowest BCUT2D eigenvalue weighted by molar-refractivity contribution is 0.0985. The maximum atomic E-state index is 14.0. The number of imidazole rings is 1. The van der Waals surface area contributed by atoms with Crippen molar-refractivity contribution in [3.63, 3.8) is 0 Å². The molecule has 0 atom stereocenters. The third kappa shape index (κ3) is 4.39. The summed E-state index contributed by atoms with van der Waals surface area (Å²) in [6.45, 7) is 6.92. The molecule has 0 aliphatic carbocycles. The number of hydrogen-bond donors (Lipinski definition) is 3. The number of halogens is 2. The van der Waals surface area contributed by atoms with Crippen LogP contribution in [-0.4, -0.2) is 31.5 Å². The van der Waals surface area contributed by atoms with E-state index < -0.39 is 23.0 Å². The van der Waals surface area contributed by atoms with Crippen LogP contribution in [0, 0.1) is 11.6 Å². The number of rotatable bonds is 6. The van der Waals surface area contributed by atoms with E-state index in [2.05, 4.69) is 41.3 Å². The van der Waals surface area contributed by atoms with Crippen LogP contribution in [0.5, 0.6) is 0 Å². The van der Waals surface area contributed by atoms with Gasteiger partial charge in [-0.25, -0.2) is 13.8 Å². The third-order valence-electron chi connectivity index (χ3n) is 4.95. The topological polar surface area (TPSA) is 86.5 Å². The number of fused-ring (bicyclic) bond motifs is 1. The molecule has 2 aromatic carbocycles. The first kappa shape index (κ1) is 20.9. The standard InChI is InChI=1S/C23H23F2N5O/c1-23(2,3)26-11-13-6-4-9-17-20(13)29-22(28-17)21-14(12-27-30-21)10-18(31)19-15(24)7-5-8-16(19)25/h4-9,12,26H,10-11H2,1-3H3,(H,27,30)(H,28,29). The lowest BCUT2D eigenvalue weighted by atomic mass is 10.0. The van der Waals surface area contributed by atoms with Crippen molar-refractivity contribution in [2.45, 2.75) is 39.3 Å². The summed E-state index contributed by atoms with van der Waals surface area (Å²) < 4.78 is 28.0. The van der Waals surface area contributed by atoms with E-state index >= 15 is 0 Å². The smallest absolute Gasteiger partial charge is 0.173 e. The van der Waals surface area contributed by atoms with Gasteiger partial charge in [0.15, 0.2) is 11.6 Å². The van der Waals surface area contributed by atoms with Crippen molar-refractivity contribution in [3.05, 3.63) is 70.9 Å². The lowest BCUT2D eigenvalue weighted by Gasteiger charge is -2.20. The van der Waals surface area contributed by atoms with Crippen LogP contribution in [0.4, 0.5) is 8.78 Å². The second kappa shape index (κ2) is 8.03. The second-order valence-electron chi connectivity index (χ2n) is 8.47. The van der Waals surface area contributed by atoms with Crippen molar-refractivity contribution < 1.29 is 13.6 Å². The van der Waals surface area contributed by atoms with Gasteiger partial charge >= 0.3 is 0 Å². The largest absolute Gasteiger partial charge is 0.337 e. The maximum absolute atomic E-state index is 14.0. The van der Waals surface area contributed by atoms with Gasteiger partial charge in [-0.15, -0.1) is 0 Å². The average Bonchev–Trinajstić information content (AvgIpc) is 3.32. The Labute approximate surface area is 178 Å². The number of ketones is 1. The highest BCUT2D eigenvalue weighted by Crippen LogP contribution is 2.26. The molecule has 2 heterocycles. The van der Waals surface area contributed by atoms with Crippen LogP contribution in [0.25, 0.3) is 22.6 Å². The summed E-state index contributed by atoms with van der Waals surface area (Å²) in [7, 11) is 0. The highest BCUT2D eigenvalue weighted by molar-refractivity contribution is 5.98. The van der Waals surface area contributed by atoms with Crippen LogP contribution in [-0.2, 0) is 13.0 Å². The SMILES string of the molecule is CC(C)(C)NCc1cccc2[nH]c(-c3[nH]ncc3CC(=O)c3c(F)cccc3F)nc12. The number of carbonyl (C=O) groups is 1. The van der Waals surface area contributed by atoms with Crippen LogP contribution in [0.15, 0.2) is 42.6 Å². The highest BCUT2D eigenvalue weighted by Gasteiger charge is 2.21. The van der Waals surface area contributed by atoms with Crippen LogP contribution in [0.2, 0.25) is 0 Å². The van der Waals surface area contributed by atoms with Gasteiger partial charge in [-0.05, 0) is 44.5 Å². The molecular weight excluding hydrogens is 400 g/mol. The fourth-order valence-electron chi connectivity index (χ4n) is 3.39. The Hall–Kier alpha value is -3.39. The van der Waals surface area contributed by atoms with E-state index in [-0.39, 0.29) is 12.0 Å². The number of aromatic nitrogens is 4. The fraction of sp³-hybridized carbons (Fsp3) is 0.261. The van der Waals surface area contributed by atoms with Gasteiger partial charge in [-0.2, -0.15) is 5.10 Å². The van der Waals surface area contributed by atoms with E-state index in [1.54, 1.807) is 0 Å². The predicted molar refractivity (Wildman–Crippen MR) is 115 cm³/mol. The Balaban J connectivity index is 1.65. The van der Waals surface area contributed by atoms with Gasteiger partial charge in [-0.1, -0.05) is 18.2 Å². The quantitative estimate of drug-likeness (QED) is 0.397. The first-order valence-corrected chi connectivity index (χ1v) is 9.95. The Morgan fingerprint density at radius 3 is 2.48 bits per heavy atom. The highest BCUT2D eigenvalue weighted by atomic mass is 19.1. The molecule has 3 N–H and O–H groups in total. The van der Waals surface area contributed by atoms with Crippen LogP contribution in [0.1, 0.15) is 42.3 Å². The van der Waals surface area contributed by atoms with Gasteiger partial charge in [0, 0.05) is 24.1 Å². The number of Topliss-reactive ketones (excluding diaryl/α,β-unsaturated/α-hetero) is 1. The van der Waals surface area contributed by atoms with E-state index in [0.29, 0.717) is 23.6 Å². The van der Waals surface area contributed by atoms with Gasteiger partial charge in [0.25, 0.3) is 0 Å². The van der Waals surface area contributed by atoms with Gasteiger partial charge in [0.2, 0.25) is 0 Å². The van der Waals surface area contributed by atoms with E-state index in [4.69, 9.17) is 4.98 Å². The Morgan fingerprint density at radius 2 is 1.77 bits per heavy atom. The predicted octanol–water partition coefficient (Wildman–Crippen LogP) is 4.54. The number of H-pyrrole nitrogens is 2. The summed E-state index contributed by atoms with van der Waals surface area (Å²) in [5, 5.41) is 10.3. The molecule has 0 fully saturated rings. The van der Waals surface area contributed by atoms with Crippen LogP contribution < -0.4 is 5.32 Å². The molecule has 8 heteroatoms. The zero-order valence-corrected chi connectivity index (χ0v) is 17.5. The first-order chi connectivity index (χ1) is 14.7. The molecule has 0 saturated carbocycles. The van der Waals surface area contributed by atoms with E-state index in [1.165, 1.54) is 12.3 Å².